The molecule has 86 valence electrons. The van der Waals surface area contributed by atoms with Crippen LogP contribution in [0.25, 0.3) is 11.0 Å². The standard InChI is InChI=1S/C14H20N2/c1-9(2)13-8-16(10(3)4)14-12(13)6-11(5)7-15-14/h6-10H,1-5H3. The molecule has 0 unspecified atom stereocenters. The van der Waals surface area contributed by atoms with Crippen LogP contribution in [0.5, 0.6) is 0 Å². The van der Waals surface area contributed by atoms with Crippen LogP contribution in [-0.4, -0.2) is 9.55 Å². The van der Waals surface area contributed by atoms with E-state index in [2.05, 4.69) is 56.4 Å². The summed E-state index contributed by atoms with van der Waals surface area (Å²) in [6, 6.07) is 2.71. The van der Waals surface area contributed by atoms with Gasteiger partial charge >= 0.3 is 0 Å². The average molecular weight is 216 g/mol. The molecule has 0 spiro atoms. The van der Waals surface area contributed by atoms with Crippen molar-refractivity contribution in [1.29, 1.82) is 0 Å². The number of pyridine rings is 1. The Kier molecular flexibility index (Phi) is 2.75. The lowest BCUT2D eigenvalue weighted by Crippen LogP contribution is -1.99. The van der Waals surface area contributed by atoms with Gasteiger partial charge in [0, 0.05) is 23.8 Å². The zero-order valence-corrected chi connectivity index (χ0v) is 10.8. The maximum absolute atomic E-state index is 4.57. The van der Waals surface area contributed by atoms with E-state index >= 15 is 0 Å². The molecule has 2 heterocycles. The first-order valence-corrected chi connectivity index (χ1v) is 5.97. The number of fused-ring (bicyclic) bond motifs is 1. The van der Waals surface area contributed by atoms with E-state index in [0.29, 0.717) is 12.0 Å². The van der Waals surface area contributed by atoms with Gasteiger partial charge in [-0.3, -0.25) is 0 Å². The lowest BCUT2D eigenvalue weighted by Gasteiger charge is -2.07. The maximum atomic E-state index is 4.57. The summed E-state index contributed by atoms with van der Waals surface area (Å²) in [5.41, 5.74) is 3.75. The first-order chi connectivity index (χ1) is 7.50. The third-order valence-electron chi connectivity index (χ3n) is 3.02. The lowest BCUT2D eigenvalue weighted by molar-refractivity contribution is 0.614. The predicted octanol–water partition coefficient (Wildman–Crippen LogP) is 4.05. The number of rotatable bonds is 2. The Balaban J connectivity index is 2.76. The van der Waals surface area contributed by atoms with E-state index in [1.54, 1.807) is 0 Å². The minimum atomic E-state index is 0.463. The van der Waals surface area contributed by atoms with Crippen molar-refractivity contribution >= 4 is 11.0 Å². The van der Waals surface area contributed by atoms with Crippen molar-refractivity contribution in [3.63, 3.8) is 0 Å². The molecular weight excluding hydrogens is 196 g/mol. The first kappa shape index (κ1) is 11.2. The predicted molar refractivity (Wildman–Crippen MR) is 68.9 cm³/mol. The van der Waals surface area contributed by atoms with Crippen LogP contribution in [0.2, 0.25) is 0 Å². The Morgan fingerprint density at radius 2 is 1.88 bits per heavy atom. The molecule has 0 saturated carbocycles. The highest BCUT2D eigenvalue weighted by Gasteiger charge is 2.13. The van der Waals surface area contributed by atoms with Gasteiger partial charge in [-0.05, 0) is 43.9 Å². The van der Waals surface area contributed by atoms with Crippen LogP contribution in [0.4, 0.5) is 0 Å². The molecule has 0 amide bonds. The Bertz CT molecular complexity index is 507. The molecule has 2 aromatic heterocycles. The summed E-state index contributed by atoms with van der Waals surface area (Å²) < 4.78 is 2.27. The molecule has 0 aliphatic rings. The smallest absolute Gasteiger partial charge is 0.140 e. The maximum Gasteiger partial charge on any atom is 0.140 e. The van der Waals surface area contributed by atoms with E-state index in [9.17, 15) is 0 Å². The fraction of sp³-hybridized carbons (Fsp3) is 0.500. The van der Waals surface area contributed by atoms with Gasteiger partial charge < -0.3 is 4.57 Å². The molecule has 0 aliphatic carbocycles. The van der Waals surface area contributed by atoms with Crippen molar-refractivity contribution in [2.75, 3.05) is 0 Å². The van der Waals surface area contributed by atoms with Crippen LogP contribution >= 0.6 is 0 Å². The van der Waals surface area contributed by atoms with Gasteiger partial charge in [-0.1, -0.05) is 13.8 Å². The molecule has 2 heteroatoms. The van der Waals surface area contributed by atoms with E-state index in [1.165, 1.54) is 16.5 Å². The van der Waals surface area contributed by atoms with Gasteiger partial charge in [0.1, 0.15) is 5.65 Å². The quantitative estimate of drug-likeness (QED) is 0.740. The molecule has 0 aromatic carbocycles. The Hall–Kier alpha value is -1.31. The minimum Gasteiger partial charge on any atom is -0.330 e. The van der Waals surface area contributed by atoms with Crippen LogP contribution in [0.15, 0.2) is 18.5 Å². The SMILES string of the molecule is Cc1cnc2c(c1)c(C(C)C)cn2C(C)C. The largest absolute Gasteiger partial charge is 0.330 e. The molecule has 2 rings (SSSR count). The Morgan fingerprint density at radius 3 is 2.44 bits per heavy atom. The molecule has 16 heavy (non-hydrogen) atoms. The Morgan fingerprint density at radius 1 is 1.19 bits per heavy atom. The summed E-state index contributed by atoms with van der Waals surface area (Å²) in [7, 11) is 0. The van der Waals surface area contributed by atoms with Gasteiger partial charge in [-0.2, -0.15) is 0 Å². The van der Waals surface area contributed by atoms with Gasteiger partial charge in [0.05, 0.1) is 0 Å². The lowest BCUT2D eigenvalue weighted by atomic mass is 10.0. The normalized spacial score (nSPS) is 11.9. The third-order valence-corrected chi connectivity index (χ3v) is 3.02. The second-order valence-electron chi connectivity index (χ2n) is 5.12. The summed E-state index contributed by atoms with van der Waals surface area (Å²) in [5, 5.41) is 1.31. The van der Waals surface area contributed by atoms with E-state index in [0.717, 1.165) is 5.65 Å². The van der Waals surface area contributed by atoms with Crippen LogP contribution in [0.1, 0.15) is 50.8 Å². The Labute approximate surface area is 97.3 Å². The first-order valence-electron chi connectivity index (χ1n) is 5.97. The summed E-state index contributed by atoms with van der Waals surface area (Å²) >= 11 is 0. The van der Waals surface area contributed by atoms with Crippen LogP contribution in [0, 0.1) is 6.92 Å². The number of hydrogen-bond acceptors (Lipinski definition) is 1. The summed E-state index contributed by atoms with van der Waals surface area (Å²) in [6.45, 7) is 11.0. The highest BCUT2D eigenvalue weighted by molar-refractivity contribution is 5.81. The summed E-state index contributed by atoms with van der Waals surface area (Å²) in [6.07, 6.45) is 4.21. The van der Waals surface area contributed by atoms with Gasteiger partial charge in [-0.25, -0.2) is 4.98 Å². The topological polar surface area (TPSA) is 17.8 Å². The number of hydrogen-bond donors (Lipinski definition) is 0. The second kappa shape index (κ2) is 3.93. The second-order valence-corrected chi connectivity index (χ2v) is 5.12. The fourth-order valence-corrected chi connectivity index (χ4v) is 2.11. The van der Waals surface area contributed by atoms with Gasteiger partial charge in [0.25, 0.3) is 0 Å². The van der Waals surface area contributed by atoms with E-state index in [4.69, 9.17) is 0 Å². The van der Waals surface area contributed by atoms with Crippen molar-refractivity contribution in [2.45, 2.75) is 46.6 Å². The van der Waals surface area contributed by atoms with Gasteiger partial charge in [0.2, 0.25) is 0 Å². The van der Waals surface area contributed by atoms with E-state index < -0.39 is 0 Å². The summed E-state index contributed by atoms with van der Waals surface area (Å²) in [4.78, 5) is 4.57. The molecule has 0 N–H and O–H groups in total. The zero-order chi connectivity index (χ0) is 11.9. The molecule has 0 bridgehead atoms. The molecule has 0 atom stereocenters. The van der Waals surface area contributed by atoms with Gasteiger partial charge in [-0.15, -0.1) is 0 Å². The average Bonchev–Trinajstić information content (AvgIpc) is 2.56. The monoisotopic (exact) mass is 216 g/mol. The van der Waals surface area contributed by atoms with Crippen LogP contribution in [-0.2, 0) is 0 Å². The molecule has 0 fully saturated rings. The molecule has 0 radical (unpaired) electrons. The molecule has 2 aromatic rings. The third kappa shape index (κ3) is 1.73. The van der Waals surface area contributed by atoms with Crippen molar-refractivity contribution in [2.24, 2.45) is 0 Å². The fourth-order valence-electron chi connectivity index (χ4n) is 2.11. The molecule has 0 aliphatic heterocycles. The highest BCUT2D eigenvalue weighted by Crippen LogP contribution is 2.28. The van der Waals surface area contributed by atoms with Crippen molar-refractivity contribution in [3.8, 4) is 0 Å². The van der Waals surface area contributed by atoms with Crippen molar-refractivity contribution < 1.29 is 0 Å². The zero-order valence-electron chi connectivity index (χ0n) is 10.8. The molecule has 0 saturated heterocycles. The number of aromatic nitrogens is 2. The van der Waals surface area contributed by atoms with Crippen molar-refractivity contribution in [3.05, 3.63) is 29.6 Å². The van der Waals surface area contributed by atoms with E-state index in [1.807, 2.05) is 6.20 Å². The van der Waals surface area contributed by atoms with Crippen LogP contribution < -0.4 is 0 Å². The summed E-state index contributed by atoms with van der Waals surface area (Å²) in [5.74, 6) is 0.547. The van der Waals surface area contributed by atoms with Crippen LogP contribution in [0.3, 0.4) is 0 Å². The molecule has 2 nitrogen and oxygen atoms in total. The highest BCUT2D eigenvalue weighted by atomic mass is 15.0. The minimum absolute atomic E-state index is 0.463. The van der Waals surface area contributed by atoms with Gasteiger partial charge in [0.15, 0.2) is 0 Å². The number of nitrogens with zero attached hydrogens (tertiary/aromatic N) is 2. The number of aryl methyl sites for hydroxylation is 1. The van der Waals surface area contributed by atoms with E-state index in [-0.39, 0.29) is 0 Å². The van der Waals surface area contributed by atoms with Crippen molar-refractivity contribution in [1.82, 2.24) is 9.55 Å². The molecular formula is C14H20N2.